The third-order valence-electron chi connectivity index (χ3n) is 1.94. The zero-order valence-corrected chi connectivity index (χ0v) is 12.4. The van der Waals surface area contributed by atoms with E-state index in [2.05, 4.69) is 38.6 Å². The van der Waals surface area contributed by atoms with E-state index in [4.69, 9.17) is 0 Å². The van der Waals surface area contributed by atoms with E-state index in [9.17, 15) is 0 Å². The van der Waals surface area contributed by atoms with Gasteiger partial charge in [0.05, 0.1) is 0 Å². The van der Waals surface area contributed by atoms with Crippen molar-refractivity contribution in [3.05, 3.63) is 9.88 Å². The summed E-state index contributed by atoms with van der Waals surface area (Å²) in [4.78, 5) is 0. The van der Waals surface area contributed by atoms with E-state index < -0.39 is 0 Å². The Kier molecular flexibility index (Phi) is 12.2. The second kappa shape index (κ2) is 11.7. The van der Waals surface area contributed by atoms with Gasteiger partial charge in [-0.1, -0.05) is 0 Å². The van der Waals surface area contributed by atoms with Crippen molar-refractivity contribution in [2.24, 2.45) is 0 Å². The molecule has 0 aromatic rings. The number of allylic oxidation sites excluding steroid dienone is 1. The van der Waals surface area contributed by atoms with Crippen LogP contribution in [0.15, 0.2) is 9.88 Å². The van der Waals surface area contributed by atoms with E-state index in [1.807, 2.05) is 0 Å². The van der Waals surface area contributed by atoms with Gasteiger partial charge in [0.1, 0.15) is 0 Å². The first-order chi connectivity index (χ1) is 6.85. The van der Waals surface area contributed by atoms with Gasteiger partial charge in [-0.3, -0.25) is 0 Å². The summed E-state index contributed by atoms with van der Waals surface area (Å²) in [5.74, 6) is 1.24. The Morgan fingerprint density at radius 1 is 1.14 bits per heavy atom. The summed E-state index contributed by atoms with van der Waals surface area (Å²) in [6, 6.07) is 0. The third kappa shape index (κ3) is 9.18. The molecular weight excluding hydrogens is 255 g/mol. The molecule has 0 aromatic heterocycles. The molecule has 0 radical (unpaired) electrons. The number of rotatable bonds is 9. The second-order valence-corrected chi connectivity index (χ2v) is 7.87. The van der Waals surface area contributed by atoms with Crippen LogP contribution in [0.5, 0.6) is 0 Å². The number of thioether (sulfide) groups is 1. The van der Waals surface area contributed by atoms with Gasteiger partial charge >= 0.3 is 101 Å². The van der Waals surface area contributed by atoms with Crippen molar-refractivity contribution in [3.8, 4) is 0 Å². The standard InChI is InChI=1S/C12H24SSe/c1-4-7-8-9-10-11-12(13-5-2)14-6-3/h11H,4-10H2,1-3H3/b12-11-. The van der Waals surface area contributed by atoms with E-state index in [1.165, 1.54) is 43.2 Å². The van der Waals surface area contributed by atoms with Crippen LogP contribution in [0.4, 0.5) is 0 Å². The molecular formula is C12H24SSe. The van der Waals surface area contributed by atoms with Gasteiger partial charge in [0.25, 0.3) is 0 Å². The Labute approximate surface area is 100 Å². The Morgan fingerprint density at radius 2 is 1.93 bits per heavy atom. The zero-order valence-electron chi connectivity index (χ0n) is 9.84. The maximum atomic E-state index is 2.49. The summed E-state index contributed by atoms with van der Waals surface area (Å²) < 4.78 is 1.68. The number of hydrogen-bond donors (Lipinski definition) is 0. The minimum atomic E-state index is 0.755. The zero-order chi connectivity index (χ0) is 10.6. The topological polar surface area (TPSA) is 0 Å². The van der Waals surface area contributed by atoms with Crippen LogP contribution in [0.2, 0.25) is 5.32 Å². The van der Waals surface area contributed by atoms with Crippen LogP contribution in [0.25, 0.3) is 0 Å². The number of unbranched alkanes of at least 4 members (excludes halogenated alkanes) is 4. The second-order valence-electron chi connectivity index (χ2n) is 3.24. The summed E-state index contributed by atoms with van der Waals surface area (Å²) in [5, 5.41) is 1.35. The monoisotopic (exact) mass is 280 g/mol. The summed E-state index contributed by atoms with van der Waals surface area (Å²) in [6.07, 6.45) is 9.36. The van der Waals surface area contributed by atoms with E-state index in [1.54, 1.807) is 3.80 Å². The molecule has 2 heteroatoms. The van der Waals surface area contributed by atoms with Gasteiger partial charge in [-0.05, 0) is 0 Å². The van der Waals surface area contributed by atoms with Gasteiger partial charge < -0.3 is 0 Å². The minimum absolute atomic E-state index is 0.755. The van der Waals surface area contributed by atoms with Crippen molar-refractivity contribution >= 4 is 26.7 Å². The predicted octanol–water partition coefficient (Wildman–Crippen LogP) is 4.69. The molecule has 84 valence electrons. The first kappa shape index (κ1) is 14.6. The third-order valence-corrected chi connectivity index (χ3v) is 5.59. The summed E-state index contributed by atoms with van der Waals surface area (Å²) in [5.41, 5.74) is 0. The van der Waals surface area contributed by atoms with E-state index >= 15 is 0 Å². The fourth-order valence-electron chi connectivity index (χ4n) is 1.24. The molecule has 0 rings (SSSR count). The first-order valence-corrected chi connectivity index (χ1v) is 8.86. The van der Waals surface area contributed by atoms with Gasteiger partial charge in [-0.15, -0.1) is 0 Å². The van der Waals surface area contributed by atoms with Gasteiger partial charge in [-0.2, -0.15) is 0 Å². The van der Waals surface area contributed by atoms with Crippen molar-refractivity contribution in [2.45, 2.75) is 58.2 Å². The Hall–Kier alpha value is 0.609. The average molecular weight is 279 g/mol. The summed E-state index contributed by atoms with van der Waals surface area (Å²) >= 11 is 2.81. The Morgan fingerprint density at radius 3 is 2.50 bits per heavy atom. The molecule has 0 amide bonds. The molecule has 0 aliphatic rings. The first-order valence-electron chi connectivity index (χ1n) is 5.80. The summed E-state index contributed by atoms with van der Waals surface area (Å²) in [7, 11) is 0. The van der Waals surface area contributed by atoms with Crippen LogP contribution in [-0.4, -0.2) is 20.7 Å². The van der Waals surface area contributed by atoms with E-state index in [0.29, 0.717) is 0 Å². The van der Waals surface area contributed by atoms with Crippen molar-refractivity contribution in [2.75, 3.05) is 5.75 Å². The Balaban J connectivity index is 3.56. The molecule has 0 N–H and O–H groups in total. The maximum absolute atomic E-state index is 2.49. The van der Waals surface area contributed by atoms with Crippen LogP contribution in [-0.2, 0) is 0 Å². The van der Waals surface area contributed by atoms with Crippen molar-refractivity contribution in [1.29, 1.82) is 0 Å². The van der Waals surface area contributed by atoms with Gasteiger partial charge in [0, 0.05) is 0 Å². The van der Waals surface area contributed by atoms with Crippen molar-refractivity contribution < 1.29 is 0 Å². The normalized spacial score (nSPS) is 12.1. The molecule has 0 fully saturated rings. The quantitative estimate of drug-likeness (QED) is 0.435. The van der Waals surface area contributed by atoms with E-state index in [-0.39, 0.29) is 0 Å². The molecule has 0 aliphatic heterocycles. The molecule has 0 heterocycles. The van der Waals surface area contributed by atoms with Crippen molar-refractivity contribution in [1.82, 2.24) is 0 Å². The molecule has 0 saturated heterocycles. The fraction of sp³-hybridized carbons (Fsp3) is 0.833. The SMILES string of the molecule is CCCCCC/C=C(/SCC)[Se]CC. The van der Waals surface area contributed by atoms with Crippen LogP contribution in [0.3, 0.4) is 0 Å². The van der Waals surface area contributed by atoms with Gasteiger partial charge in [-0.25, -0.2) is 0 Å². The van der Waals surface area contributed by atoms with Crippen molar-refractivity contribution in [3.63, 3.8) is 0 Å². The predicted molar refractivity (Wildman–Crippen MR) is 71.2 cm³/mol. The molecule has 0 spiro atoms. The van der Waals surface area contributed by atoms with E-state index in [0.717, 1.165) is 15.0 Å². The average Bonchev–Trinajstić information content (AvgIpc) is 2.18. The molecule has 0 nitrogen and oxygen atoms in total. The van der Waals surface area contributed by atoms with Gasteiger partial charge in [0.2, 0.25) is 0 Å². The molecule has 14 heavy (non-hydrogen) atoms. The molecule has 0 saturated carbocycles. The molecule has 0 atom stereocenters. The summed E-state index contributed by atoms with van der Waals surface area (Å²) in [6.45, 7) is 6.82. The molecule has 0 aliphatic carbocycles. The fourth-order valence-corrected chi connectivity index (χ4v) is 4.81. The van der Waals surface area contributed by atoms with Gasteiger partial charge in [0.15, 0.2) is 0 Å². The van der Waals surface area contributed by atoms with Crippen LogP contribution in [0.1, 0.15) is 52.9 Å². The molecule has 0 aromatic carbocycles. The van der Waals surface area contributed by atoms with Crippen LogP contribution in [0, 0.1) is 0 Å². The van der Waals surface area contributed by atoms with Crippen LogP contribution >= 0.6 is 11.8 Å². The van der Waals surface area contributed by atoms with Crippen LogP contribution < -0.4 is 0 Å². The Bertz CT molecular complexity index is 135. The molecule has 0 unspecified atom stereocenters. The number of hydrogen-bond acceptors (Lipinski definition) is 1. The molecule has 0 bridgehead atoms.